The summed E-state index contributed by atoms with van der Waals surface area (Å²) in [5.41, 5.74) is 2.19. The molecule has 0 saturated heterocycles. The Labute approximate surface area is 134 Å². The van der Waals surface area contributed by atoms with E-state index in [0.29, 0.717) is 6.42 Å². The molecule has 0 amide bonds. The van der Waals surface area contributed by atoms with Gasteiger partial charge in [0.05, 0.1) is 4.47 Å². The van der Waals surface area contributed by atoms with Crippen molar-refractivity contribution in [3.63, 3.8) is 0 Å². The highest BCUT2D eigenvalue weighted by Gasteiger charge is 2.09. The Morgan fingerprint density at radius 1 is 1.19 bits per heavy atom. The van der Waals surface area contributed by atoms with Gasteiger partial charge in [0.2, 0.25) is 0 Å². The van der Waals surface area contributed by atoms with Gasteiger partial charge in [0.1, 0.15) is 11.5 Å². The molecule has 0 aliphatic carbocycles. The van der Waals surface area contributed by atoms with Crippen molar-refractivity contribution in [3.8, 4) is 11.5 Å². The Kier molecular flexibility index (Phi) is 5.79. The van der Waals surface area contributed by atoms with E-state index in [0.717, 1.165) is 21.5 Å². The van der Waals surface area contributed by atoms with Crippen LogP contribution in [0, 0.1) is 0 Å². The molecule has 2 rings (SSSR count). The van der Waals surface area contributed by atoms with E-state index >= 15 is 0 Å². The molecule has 0 heterocycles. The molecule has 1 unspecified atom stereocenters. The average molecular weight is 350 g/mol. The number of halogens is 1. The summed E-state index contributed by atoms with van der Waals surface area (Å²) in [7, 11) is 1.94. The van der Waals surface area contributed by atoms with E-state index < -0.39 is 0 Å². The third-order valence-corrected chi connectivity index (χ3v) is 4.08. The van der Waals surface area contributed by atoms with E-state index in [1.165, 1.54) is 5.56 Å². The lowest BCUT2D eigenvalue weighted by atomic mass is 10.1. The summed E-state index contributed by atoms with van der Waals surface area (Å²) in [6, 6.07) is 14.1. The molecule has 2 N–H and O–H groups in total. The van der Waals surface area contributed by atoms with Crippen LogP contribution >= 0.6 is 15.9 Å². The van der Waals surface area contributed by atoms with Gasteiger partial charge < -0.3 is 15.2 Å². The molecule has 0 aliphatic rings. The van der Waals surface area contributed by atoms with Gasteiger partial charge in [-0.05, 0) is 65.6 Å². The summed E-state index contributed by atoms with van der Waals surface area (Å²) >= 11 is 3.56. The maximum Gasteiger partial charge on any atom is 0.141 e. The quantitative estimate of drug-likeness (QED) is 0.826. The van der Waals surface area contributed by atoms with E-state index in [4.69, 9.17) is 9.84 Å². The Morgan fingerprint density at radius 2 is 1.95 bits per heavy atom. The van der Waals surface area contributed by atoms with Crippen LogP contribution in [-0.2, 0) is 6.42 Å². The zero-order chi connectivity index (χ0) is 15.2. The average Bonchev–Trinajstić information content (AvgIpc) is 2.50. The minimum absolute atomic E-state index is 0.111. The molecule has 3 nitrogen and oxygen atoms in total. The van der Waals surface area contributed by atoms with Crippen LogP contribution in [0.15, 0.2) is 46.9 Å². The van der Waals surface area contributed by atoms with Crippen molar-refractivity contribution in [3.05, 3.63) is 58.1 Å². The molecular formula is C17H20BrNO2. The Hall–Kier alpha value is -1.36. The van der Waals surface area contributed by atoms with Crippen LogP contribution in [0.4, 0.5) is 0 Å². The van der Waals surface area contributed by atoms with Crippen LogP contribution in [-0.4, -0.2) is 18.8 Å². The second kappa shape index (κ2) is 7.59. The van der Waals surface area contributed by atoms with E-state index in [2.05, 4.69) is 40.3 Å². The minimum atomic E-state index is 0.111. The summed E-state index contributed by atoms with van der Waals surface area (Å²) in [5.74, 6) is 1.55. The first-order chi connectivity index (χ1) is 10.2. The van der Waals surface area contributed by atoms with Gasteiger partial charge in [-0.25, -0.2) is 0 Å². The molecule has 0 fully saturated rings. The largest absolute Gasteiger partial charge is 0.456 e. The Balaban J connectivity index is 2.24. The fourth-order valence-electron chi connectivity index (χ4n) is 2.08. The molecule has 1 atom stereocenters. The van der Waals surface area contributed by atoms with Gasteiger partial charge in [0.15, 0.2) is 0 Å². The summed E-state index contributed by atoms with van der Waals surface area (Å²) in [4.78, 5) is 0. The van der Waals surface area contributed by atoms with Gasteiger partial charge in [-0.3, -0.25) is 0 Å². The number of ether oxygens (including phenoxy) is 1. The lowest BCUT2D eigenvalue weighted by molar-refractivity contribution is 0.298. The van der Waals surface area contributed by atoms with Gasteiger partial charge in [0.25, 0.3) is 0 Å². The highest BCUT2D eigenvalue weighted by atomic mass is 79.9. The minimum Gasteiger partial charge on any atom is -0.456 e. The number of para-hydroxylation sites is 1. The number of benzene rings is 2. The number of aliphatic hydroxyl groups is 1. The second-order valence-electron chi connectivity index (χ2n) is 4.88. The number of nitrogens with one attached hydrogen (secondary N) is 1. The van der Waals surface area contributed by atoms with Crippen LogP contribution in [0.2, 0.25) is 0 Å². The number of rotatable bonds is 6. The lowest BCUT2D eigenvalue weighted by Crippen LogP contribution is -2.12. The van der Waals surface area contributed by atoms with Crippen molar-refractivity contribution in [1.29, 1.82) is 0 Å². The third-order valence-electron chi connectivity index (χ3n) is 3.46. The molecule has 0 aromatic heterocycles. The standard InChI is InChI=1S/C17H20BrNO2/c1-12(19-2)14-7-8-17(15(18)11-14)21-16-6-4-3-5-13(16)9-10-20/h3-8,11-12,19-20H,9-10H2,1-2H3. The van der Waals surface area contributed by atoms with Crippen molar-refractivity contribution in [2.24, 2.45) is 0 Å². The molecule has 21 heavy (non-hydrogen) atoms. The molecule has 2 aromatic rings. The van der Waals surface area contributed by atoms with Gasteiger partial charge in [-0.2, -0.15) is 0 Å². The number of hydrogen-bond donors (Lipinski definition) is 2. The molecule has 2 aromatic carbocycles. The molecule has 4 heteroatoms. The van der Waals surface area contributed by atoms with Gasteiger partial charge in [-0.1, -0.05) is 24.3 Å². The Morgan fingerprint density at radius 3 is 2.62 bits per heavy atom. The van der Waals surface area contributed by atoms with Crippen molar-refractivity contribution in [2.45, 2.75) is 19.4 Å². The second-order valence-corrected chi connectivity index (χ2v) is 5.74. The van der Waals surface area contributed by atoms with Crippen LogP contribution in [0.5, 0.6) is 11.5 Å². The highest BCUT2D eigenvalue weighted by Crippen LogP contribution is 2.33. The molecular weight excluding hydrogens is 330 g/mol. The topological polar surface area (TPSA) is 41.5 Å². The molecule has 0 radical (unpaired) electrons. The highest BCUT2D eigenvalue weighted by molar-refractivity contribution is 9.10. The predicted octanol–water partition coefficient (Wildman–Crippen LogP) is 4.06. The van der Waals surface area contributed by atoms with Gasteiger partial charge in [0, 0.05) is 12.6 Å². The fraction of sp³-hybridized carbons (Fsp3) is 0.294. The SMILES string of the molecule is CNC(C)c1ccc(Oc2ccccc2CCO)c(Br)c1. The zero-order valence-corrected chi connectivity index (χ0v) is 13.9. The monoisotopic (exact) mass is 349 g/mol. The van der Waals surface area contributed by atoms with E-state index in [-0.39, 0.29) is 12.6 Å². The summed E-state index contributed by atoms with van der Waals surface area (Å²) < 4.78 is 6.90. The number of aliphatic hydroxyl groups excluding tert-OH is 1. The lowest BCUT2D eigenvalue weighted by Gasteiger charge is -2.15. The smallest absolute Gasteiger partial charge is 0.141 e. The van der Waals surface area contributed by atoms with E-state index in [1.54, 1.807) is 0 Å². The van der Waals surface area contributed by atoms with Gasteiger partial charge >= 0.3 is 0 Å². The number of hydrogen-bond acceptors (Lipinski definition) is 3. The zero-order valence-electron chi connectivity index (χ0n) is 12.3. The van der Waals surface area contributed by atoms with Crippen molar-refractivity contribution in [2.75, 3.05) is 13.7 Å². The fourth-order valence-corrected chi connectivity index (χ4v) is 2.56. The van der Waals surface area contributed by atoms with Gasteiger partial charge in [-0.15, -0.1) is 0 Å². The van der Waals surface area contributed by atoms with E-state index in [9.17, 15) is 0 Å². The summed E-state index contributed by atoms with van der Waals surface area (Å²) in [6.45, 7) is 2.22. The first-order valence-electron chi connectivity index (χ1n) is 6.99. The van der Waals surface area contributed by atoms with Crippen LogP contribution in [0.3, 0.4) is 0 Å². The Bertz CT molecular complexity index is 601. The molecule has 0 spiro atoms. The normalized spacial score (nSPS) is 12.2. The third kappa shape index (κ3) is 4.06. The molecule has 0 aliphatic heterocycles. The first kappa shape index (κ1) is 16.0. The summed E-state index contributed by atoms with van der Waals surface area (Å²) in [6.07, 6.45) is 0.586. The van der Waals surface area contributed by atoms with Crippen molar-refractivity contribution >= 4 is 15.9 Å². The van der Waals surface area contributed by atoms with Crippen LogP contribution in [0.1, 0.15) is 24.1 Å². The van der Waals surface area contributed by atoms with Crippen LogP contribution < -0.4 is 10.1 Å². The molecule has 0 saturated carbocycles. The van der Waals surface area contributed by atoms with E-state index in [1.807, 2.05) is 37.4 Å². The maximum absolute atomic E-state index is 9.12. The molecule has 112 valence electrons. The first-order valence-corrected chi connectivity index (χ1v) is 7.78. The maximum atomic E-state index is 9.12. The van der Waals surface area contributed by atoms with Crippen LogP contribution in [0.25, 0.3) is 0 Å². The summed E-state index contributed by atoms with van der Waals surface area (Å²) in [5, 5.41) is 12.3. The van der Waals surface area contributed by atoms with Crippen molar-refractivity contribution < 1.29 is 9.84 Å². The molecule has 0 bridgehead atoms. The predicted molar refractivity (Wildman–Crippen MR) is 88.9 cm³/mol. The van der Waals surface area contributed by atoms with Crippen molar-refractivity contribution in [1.82, 2.24) is 5.32 Å².